The first-order chi connectivity index (χ1) is 14.5. The average molecular weight is 462 g/mol. The van der Waals surface area contributed by atoms with Gasteiger partial charge >= 0.3 is 12.4 Å². The fraction of sp³-hybridized carbons (Fsp3) is 0.500. The van der Waals surface area contributed by atoms with Gasteiger partial charge in [-0.05, 0) is 67.6 Å². The Hall–Kier alpha value is -2.06. The summed E-state index contributed by atoms with van der Waals surface area (Å²) in [5.74, 6) is 0. The van der Waals surface area contributed by atoms with Gasteiger partial charge in [0.1, 0.15) is 5.60 Å². The van der Waals surface area contributed by atoms with Crippen LogP contribution >= 0.6 is 0 Å². The molecule has 0 atom stereocenters. The van der Waals surface area contributed by atoms with Gasteiger partial charge in [0.05, 0.1) is 5.60 Å². The van der Waals surface area contributed by atoms with Crippen molar-refractivity contribution in [3.63, 3.8) is 0 Å². The van der Waals surface area contributed by atoms with E-state index in [-0.39, 0.29) is 12.8 Å². The molecule has 2 aromatic rings. The Morgan fingerprint density at radius 1 is 0.875 bits per heavy atom. The molecule has 0 unspecified atom stereocenters. The van der Waals surface area contributed by atoms with Crippen molar-refractivity contribution < 1.29 is 36.2 Å². The zero-order valence-electron chi connectivity index (χ0n) is 18.7. The molecule has 8 heteroatoms. The van der Waals surface area contributed by atoms with E-state index < -0.39 is 29.2 Å². The van der Waals surface area contributed by atoms with Crippen molar-refractivity contribution in [3.8, 4) is 0 Å². The molecule has 0 radical (unpaired) electrons. The number of fused-ring (bicyclic) bond motifs is 1. The number of ether oxygens (including phenoxy) is 1. The van der Waals surface area contributed by atoms with E-state index >= 15 is 0 Å². The second-order valence-corrected chi connectivity index (χ2v) is 8.58. The largest absolute Gasteiger partial charge is 0.429 e. The first-order valence-electron chi connectivity index (χ1n) is 10.2. The summed E-state index contributed by atoms with van der Waals surface area (Å²) in [6.45, 7) is 10.2. The first-order valence-corrected chi connectivity index (χ1v) is 10.2. The van der Waals surface area contributed by atoms with Crippen LogP contribution in [0.1, 0.15) is 58.6 Å². The molecule has 32 heavy (non-hydrogen) atoms. The summed E-state index contributed by atoms with van der Waals surface area (Å²) < 4.78 is 87.0. The zero-order chi connectivity index (χ0) is 24.8. The second kappa shape index (κ2) is 8.37. The van der Waals surface area contributed by atoms with Crippen LogP contribution in [0.3, 0.4) is 0 Å². The summed E-state index contributed by atoms with van der Waals surface area (Å²) in [4.78, 5) is 0. The van der Waals surface area contributed by atoms with Gasteiger partial charge in [-0.1, -0.05) is 50.3 Å². The van der Waals surface area contributed by atoms with E-state index in [0.717, 1.165) is 21.9 Å². The van der Waals surface area contributed by atoms with E-state index in [1.165, 1.54) is 0 Å². The Balaban J connectivity index is 2.67. The Kier molecular flexibility index (Phi) is 6.85. The minimum Gasteiger partial charge on any atom is -0.371 e. The molecule has 0 aliphatic heterocycles. The Bertz CT molecular complexity index is 970. The lowest BCUT2D eigenvalue weighted by Gasteiger charge is -2.49. The molecule has 0 aliphatic carbocycles. The van der Waals surface area contributed by atoms with E-state index in [9.17, 15) is 31.4 Å². The number of aliphatic hydroxyl groups is 1. The number of hydrogen-bond acceptors (Lipinski definition) is 2. The number of rotatable bonds is 7. The monoisotopic (exact) mass is 462 g/mol. The second-order valence-electron chi connectivity index (χ2n) is 8.58. The number of hydrogen-bond donors (Lipinski definition) is 1. The Labute approximate surface area is 183 Å². The average Bonchev–Trinajstić information content (AvgIpc) is 2.68. The SMILES string of the molecule is C=C(C)c1ccc2ccc(C(CC)(CC)OC(C)(C)C(O)(C(F)(F)F)C(F)(F)F)cc2c1. The Morgan fingerprint density at radius 2 is 1.38 bits per heavy atom. The number of alkyl halides is 6. The summed E-state index contributed by atoms with van der Waals surface area (Å²) in [5, 5.41) is 11.6. The van der Waals surface area contributed by atoms with Crippen LogP contribution in [-0.4, -0.2) is 28.7 Å². The fourth-order valence-corrected chi connectivity index (χ4v) is 4.06. The van der Waals surface area contributed by atoms with Crippen LogP contribution in [-0.2, 0) is 10.3 Å². The molecule has 0 heterocycles. The Morgan fingerprint density at radius 3 is 1.81 bits per heavy atom. The molecule has 2 aromatic carbocycles. The minimum atomic E-state index is -6.00. The summed E-state index contributed by atoms with van der Waals surface area (Å²) in [7, 11) is 0. The summed E-state index contributed by atoms with van der Waals surface area (Å²) in [6.07, 6.45) is -11.8. The van der Waals surface area contributed by atoms with Crippen LogP contribution in [0.15, 0.2) is 43.0 Å². The van der Waals surface area contributed by atoms with Gasteiger partial charge in [0, 0.05) is 0 Å². The van der Waals surface area contributed by atoms with Crippen molar-refractivity contribution >= 4 is 16.3 Å². The molecule has 0 aliphatic rings. The predicted octanol–water partition coefficient (Wildman–Crippen LogP) is 7.54. The smallest absolute Gasteiger partial charge is 0.371 e. The number of benzene rings is 2. The molecular formula is C24H28F6O2. The van der Waals surface area contributed by atoms with Gasteiger partial charge in [0.15, 0.2) is 0 Å². The van der Waals surface area contributed by atoms with Gasteiger partial charge in [-0.25, -0.2) is 0 Å². The topological polar surface area (TPSA) is 29.5 Å². The maximum atomic E-state index is 13.6. The lowest BCUT2D eigenvalue weighted by Crippen LogP contribution is -2.70. The summed E-state index contributed by atoms with van der Waals surface area (Å²) in [6, 6.07) is 10.7. The fourth-order valence-electron chi connectivity index (χ4n) is 4.06. The molecule has 0 bridgehead atoms. The third-order valence-electron chi connectivity index (χ3n) is 6.14. The van der Waals surface area contributed by atoms with Crippen molar-refractivity contribution in [2.24, 2.45) is 0 Å². The van der Waals surface area contributed by atoms with E-state index in [1.54, 1.807) is 32.0 Å². The predicted molar refractivity (Wildman–Crippen MR) is 113 cm³/mol. The molecule has 0 aromatic heterocycles. The van der Waals surface area contributed by atoms with Crippen LogP contribution < -0.4 is 0 Å². The van der Waals surface area contributed by atoms with Gasteiger partial charge in [0.25, 0.3) is 5.60 Å². The van der Waals surface area contributed by atoms with Crippen molar-refractivity contribution in [1.29, 1.82) is 0 Å². The molecule has 0 fully saturated rings. The first kappa shape index (κ1) is 26.2. The van der Waals surface area contributed by atoms with Crippen molar-refractivity contribution in [2.75, 3.05) is 0 Å². The van der Waals surface area contributed by atoms with Crippen molar-refractivity contribution in [2.45, 2.75) is 76.6 Å². The third-order valence-corrected chi connectivity index (χ3v) is 6.14. The molecule has 0 spiro atoms. The molecule has 1 N–H and O–H groups in total. The molecule has 0 amide bonds. The maximum absolute atomic E-state index is 13.6. The highest BCUT2D eigenvalue weighted by molar-refractivity contribution is 5.86. The molecule has 2 rings (SSSR count). The highest BCUT2D eigenvalue weighted by Crippen LogP contribution is 2.53. The molecule has 0 saturated heterocycles. The van der Waals surface area contributed by atoms with E-state index in [2.05, 4.69) is 6.58 Å². The highest BCUT2D eigenvalue weighted by Gasteiger charge is 2.78. The van der Waals surface area contributed by atoms with Gasteiger partial charge in [0.2, 0.25) is 0 Å². The minimum absolute atomic E-state index is 0.0877. The van der Waals surface area contributed by atoms with Crippen LogP contribution in [0.4, 0.5) is 26.3 Å². The number of halogens is 6. The van der Waals surface area contributed by atoms with Crippen LogP contribution in [0, 0.1) is 0 Å². The van der Waals surface area contributed by atoms with Gasteiger partial charge in [-0.15, -0.1) is 0 Å². The molecule has 2 nitrogen and oxygen atoms in total. The van der Waals surface area contributed by atoms with Crippen LogP contribution in [0.2, 0.25) is 0 Å². The van der Waals surface area contributed by atoms with Crippen molar-refractivity contribution in [3.05, 3.63) is 54.1 Å². The van der Waals surface area contributed by atoms with Crippen LogP contribution in [0.25, 0.3) is 16.3 Å². The summed E-state index contributed by atoms with van der Waals surface area (Å²) >= 11 is 0. The maximum Gasteiger partial charge on any atom is 0.429 e. The van der Waals surface area contributed by atoms with Gasteiger partial charge in [-0.3, -0.25) is 0 Å². The van der Waals surface area contributed by atoms with E-state index in [4.69, 9.17) is 4.74 Å². The van der Waals surface area contributed by atoms with E-state index in [1.807, 2.05) is 25.1 Å². The molecule has 178 valence electrons. The summed E-state index contributed by atoms with van der Waals surface area (Å²) in [5.41, 5.74) is -7.50. The lowest BCUT2D eigenvalue weighted by atomic mass is 9.80. The van der Waals surface area contributed by atoms with Crippen LogP contribution in [0.5, 0.6) is 0 Å². The molecular weight excluding hydrogens is 434 g/mol. The number of allylic oxidation sites excluding steroid dienone is 1. The van der Waals surface area contributed by atoms with Gasteiger partial charge < -0.3 is 9.84 Å². The highest BCUT2D eigenvalue weighted by atomic mass is 19.4. The standard InChI is InChI=1S/C24H28F6O2/c1-7-21(8-2,32-20(5,6)22(31,23(25,26)27)24(28,29)30)19-12-11-16-9-10-17(15(3)4)13-18(16)14-19/h9-14,31H,3,7-8H2,1-2,4-6H3. The quantitative estimate of drug-likeness (QED) is 0.431. The van der Waals surface area contributed by atoms with E-state index in [0.29, 0.717) is 19.4 Å². The van der Waals surface area contributed by atoms with Gasteiger partial charge in [-0.2, -0.15) is 26.3 Å². The zero-order valence-corrected chi connectivity index (χ0v) is 18.7. The third kappa shape index (κ3) is 4.27. The normalized spacial score (nSPS) is 14.1. The van der Waals surface area contributed by atoms with Crippen molar-refractivity contribution in [1.82, 2.24) is 0 Å². The molecule has 0 saturated carbocycles. The lowest BCUT2D eigenvalue weighted by molar-refractivity contribution is -0.422.